The number of hydrogen-bond donors (Lipinski definition) is 2. The van der Waals surface area contributed by atoms with Crippen LogP contribution in [0.4, 0.5) is 11.6 Å². The minimum atomic E-state index is 0.601. The van der Waals surface area contributed by atoms with Crippen LogP contribution in [-0.2, 0) is 0 Å². The van der Waals surface area contributed by atoms with E-state index in [1.807, 2.05) is 7.05 Å². The SMILES string of the molecule is CNc1nc(C2CC2)nc(NC(C2CC2)C2CC2)c1C. The molecule has 0 aromatic carbocycles. The van der Waals surface area contributed by atoms with E-state index in [0.29, 0.717) is 12.0 Å². The Morgan fingerprint density at radius 3 is 2.05 bits per heavy atom. The molecule has 1 aromatic rings. The average Bonchev–Trinajstić information content (AvgIpc) is 3.30. The molecule has 0 bridgehead atoms. The van der Waals surface area contributed by atoms with Gasteiger partial charge in [0, 0.05) is 24.6 Å². The molecule has 0 unspecified atom stereocenters. The van der Waals surface area contributed by atoms with E-state index >= 15 is 0 Å². The Morgan fingerprint density at radius 2 is 1.55 bits per heavy atom. The summed E-state index contributed by atoms with van der Waals surface area (Å²) in [4.78, 5) is 9.52. The molecular formula is C16H24N4. The van der Waals surface area contributed by atoms with Crippen LogP contribution in [0.15, 0.2) is 0 Å². The van der Waals surface area contributed by atoms with Crippen molar-refractivity contribution < 1.29 is 0 Å². The van der Waals surface area contributed by atoms with Gasteiger partial charge in [-0.1, -0.05) is 0 Å². The predicted molar refractivity (Wildman–Crippen MR) is 81.1 cm³/mol. The van der Waals surface area contributed by atoms with Gasteiger partial charge in [-0.05, 0) is 57.3 Å². The van der Waals surface area contributed by atoms with Gasteiger partial charge in [0.2, 0.25) is 0 Å². The van der Waals surface area contributed by atoms with Crippen LogP contribution in [0.3, 0.4) is 0 Å². The second-order valence-electron chi connectivity index (χ2n) is 6.77. The number of nitrogens with one attached hydrogen (secondary N) is 2. The fourth-order valence-electron chi connectivity index (χ4n) is 3.13. The molecule has 0 aliphatic heterocycles. The number of nitrogens with zero attached hydrogens (tertiary/aromatic N) is 2. The molecule has 4 nitrogen and oxygen atoms in total. The van der Waals surface area contributed by atoms with Crippen LogP contribution in [0.1, 0.15) is 55.8 Å². The molecule has 1 aromatic heterocycles. The van der Waals surface area contributed by atoms with Crippen molar-refractivity contribution in [2.75, 3.05) is 17.7 Å². The van der Waals surface area contributed by atoms with E-state index in [9.17, 15) is 0 Å². The summed E-state index contributed by atoms with van der Waals surface area (Å²) < 4.78 is 0. The van der Waals surface area contributed by atoms with Crippen molar-refractivity contribution in [2.45, 2.75) is 57.4 Å². The minimum Gasteiger partial charge on any atom is -0.373 e. The molecule has 4 rings (SSSR count). The van der Waals surface area contributed by atoms with Gasteiger partial charge in [0.05, 0.1) is 0 Å². The molecule has 0 atom stereocenters. The number of rotatable bonds is 6. The summed E-state index contributed by atoms with van der Waals surface area (Å²) in [5.41, 5.74) is 1.17. The van der Waals surface area contributed by atoms with Gasteiger partial charge in [0.25, 0.3) is 0 Å². The van der Waals surface area contributed by atoms with Crippen molar-refractivity contribution in [1.82, 2.24) is 9.97 Å². The summed E-state index contributed by atoms with van der Waals surface area (Å²) in [6, 6.07) is 0.653. The van der Waals surface area contributed by atoms with Crippen molar-refractivity contribution in [3.8, 4) is 0 Å². The van der Waals surface area contributed by atoms with Crippen LogP contribution >= 0.6 is 0 Å². The Hall–Kier alpha value is -1.32. The van der Waals surface area contributed by atoms with E-state index in [2.05, 4.69) is 22.5 Å². The maximum atomic E-state index is 4.84. The quantitative estimate of drug-likeness (QED) is 0.834. The molecule has 3 saturated carbocycles. The molecule has 0 radical (unpaired) electrons. The molecule has 3 aliphatic carbocycles. The smallest absolute Gasteiger partial charge is 0.136 e. The molecule has 20 heavy (non-hydrogen) atoms. The summed E-state index contributed by atoms with van der Waals surface area (Å²) in [5.74, 6) is 5.49. The van der Waals surface area contributed by atoms with Crippen LogP contribution in [0, 0.1) is 18.8 Å². The Morgan fingerprint density at radius 1 is 0.950 bits per heavy atom. The molecule has 0 saturated heterocycles. The summed E-state index contributed by atoms with van der Waals surface area (Å²) >= 11 is 0. The van der Waals surface area contributed by atoms with Gasteiger partial charge in [-0.25, -0.2) is 9.97 Å². The van der Waals surface area contributed by atoms with Crippen LogP contribution in [0.25, 0.3) is 0 Å². The first-order valence-electron chi connectivity index (χ1n) is 8.09. The fourth-order valence-corrected chi connectivity index (χ4v) is 3.13. The molecule has 3 aliphatic rings. The molecule has 2 N–H and O–H groups in total. The van der Waals surface area contributed by atoms with E-state index in [1.54, 1.807) is 0 Å². The fraction of sp³-hybridized carbons (Fsp3) is 0.750. The average molecular weight is 272 g/mol. The monoisotopic (exact) mass is 272 g/mol. The third kappa shape index (κ3) is 2.36. The van der Waals surface area contributed by atoms with E-state index in [-0.39, 0.29) is 0 Å². The Bertz CT molecular complexity index is 503. The lowest BCUT2D eigenvalue weighted by atomic mass is 10.1. The van der Waals surface area contributed by atoms with Crippen LogP contribution < -0.4 is 10.6 Å². The van der Waals surface area contributed by atoms with E-state index < -0.39 is 0 Å². The van der Waals surface area contributed by atoms with Crippen molar-refractivity contribution in [2.24, 2.45) is 11.8 Å². The van der Waals surface area contributed by atoms with Crippen molar-refractivity contribution >= 4 is 11.6 Å². The Labute approximate surface area is 120 Å². The van der Waals surface area contributed by atoms with E-state index in [0.717, 1.165) is 29.3 Å². The first-order chi connectivity index (χ1) is 9.76. The van der Waals surface area contributed by atoms with Crippen LogP contribution in [-0.4, -0.2) is 23.1 Å². The molecule has 108 valence electrons. The van der Waals surface area contributed by atoms with Crippen molar-refractivity contribution in [3.05, 3.63) is 11.4 Å². The number of anilines is 2. The van der Waals surface area contributed by atoms with Crippen molar-refractivity contribution in [1.29, 1.82) is 0 Å². The predicted octanol–water partition coefficient (Wildman–Crippen LogP) is 3.30. The zero-order valence-corrected chi connectivity index (χ0v) is 12.4. The largest absolute Gasteiger partial charge is 0.373 e. The van der Waals surface area contributed by atoms with Gasteiger partial charge >= 0.3 is 0 Å². The minimum absolute atomic E-state index is 0.601. The second-order valence-corrected chi connectivity index (χ2v) is 6.77. The molecule has 0 amide bonds. The standard InChI is InChI=1S/C16H24N4/c1-9-14(17-2)19-16(12-7-8-12)20-15(9)18-13(10-3-4-10)11-5-6-11/h10-13H,3-8H2,1-2H3,(H2,17,18,19,20). The van der Waals surface area contributed by atoms with Gasteiger partial charge in [0.1, 0.15) is 17.5 Å². The lowest BCUT2D eigenvalue weighted by Gasteiger charge is -2.21. The van der Waals surface area contributed by atoms with Gasteiger partial charge in [-0.2, -0.15) is 0 Å². The first kappa shape index (κ1) is 12.4. The Balaban J connectivity index is 1.62. The lowest BCUT2D eigenvalue weighted by molar-refractivity contribution is 0.564. The lowest BCUT2D eigenvalue weighted by Crippen LogP contribution is -2.26. The maximum absolute atomic E-state index is 4.84. The summed E-state index contributed by atoms with van der Waals surface area (Å²) in [6.45, 7) is 2.13. The van der Waals surface area contributed by atoms with Gasteiger partial charge in [-0.15, -0.1) is 0 Å². The zero-order chi connectivity index (χ0) is 13.7. The summed E-state index contributed by atoms with van der Waals surface area (Å²) in [6.07, 6.45) is 8.08. The second kappa shape index (κ2) is 4.61. The Kier molecular flexibility index (Phi) is 2.86. The number of aromatic nitrogens is 2. The highest BCUT2D eigenvalue weighted by Crippen LogP contribution is 2.46. The maximum Gasteiger partial charge on any atom is 0.136 e. The highest BCUT2D eigenvalue weighted by Gasteiger charge is 2.42. The molecule has 3 fully saturated rings. The van der Waals surface area contributed by atoms with Gasteiger partial charge in [-0.3, -0.25) is 0 Å². The van der Waals surface area contributed by atoms with E-state index in [1.165, 1.54) is 44.1 Å². The third-order valence-electron chi connectivity index (χ3n) is 4.91. The molecular weight excluding hydrogens is 248 g/mol. The summed E-state index contributed by atoms with van der Waals surface area (Å²) in [7, 11) is 1.95. The van der Waals surface area contributed by atoms with Crippen LogP contribution in [0.2, 0.25) is 0 Å². The third-order valence-corrected chi connectivity index (χ3v) is 4.91. The highest BCUT2D eigenvalue weighted by atomic mass is 15.1. The van der Waals surface area contributed by atoms with Gasteiger partial charge < -0.3 is 10.6 Å². The zero-order valence-electron chi connectivity index (χ0n) is 12.4. The molecule has 4 heteroatoms. The highest BCUT2D eigenvalue weighted by molar-refractivity contribution is 5.58. The van der Waals surface area contributed by atoms with Gasteiger partial charge in [0.15, 0.2) is 0 Å². The molecule has 0 spiro atoms. The molecule has 1 heterocycles. The summed E-state index contributed by atoms with van der Waals surface area (Å²) in [5, 5.41) is 7.01. The number of hydrogen-bond acceptors (Lipinski definition) is 4. The van der Waals surface area contributed by atoms with Crippen LogP contribution in [0.5, 0.6) is 0 Å². The topological polar surface area (TPSA) is 49.8 Å². The van der Waals surface area contributed by atoms with E-state index in [4.69, 9.17) is 4.98 Å². The first-order valence-corrected chi connectivity index (χ1v) is 8.09. The van der Waals surface area contributed by atoms with Crippen molar-refractivity contribution in [3.63, 3.8) is 0 Å². The normalized spacial score (nSPS) is 22.1.